The van der Waals surface area contributed by atoms with Crippen molar-refractivity contribution in [2.45, 2.75) is 20.0 Å². The van der Waals surface area contributed by atoms with Crippen LogP contribution < -0.4 is 15.4 Å². The Hall–Kier alpha value is -4.09. The van der Waals surface area contributed by atoms with Crippen molar-refractivity contribution in [2.75, 3.05) is 24.4 Å². The lowest BCUT2D eigenvalue weighted by Crippen LogP contribution is -2.19. The Bertz CT molecular complexity index is 1210. The van der Waals surface area contributed by atoms with Crippen LogP contribution >= 0.6 is 0 Å². The number of hydrogen-bond donors (Lipinski definition) is 2. The highest BCUT2D eigenvalue weighted by Gasteiger charge is 2.12. The number of benzene rings is 2. The van der Waals surface area contributed by atoms with E-state index in [-0.39, 0.29) is 17.9 Å². The summed E-state index contributed by atoms with van der Waals surface area (Å²) in [4.78, 5) is 24.1. The standard InChI is InChI=1S/C25H26N4O4/c1-17(16-32-4)33-23-14-20(9-8-19-6-5-7-22(13-19)26-18(2)30)12-21(15-23)25(31)27-24-10-11-29(3)28-24/h5-7,10-15,17H,16H2,1-4H3,(H,26,30)(H,27,28,31)/t17-/m0/s1. The summed E-state index contributed by atoms with van der Waals surface area (Å²) in [5, 5.41) is 9.69. The molecule has 0 radical (unpaired) electrons. The third kappa shape index (κ3) is 7.23. The van der Waals surface area contributed by atoms with Gasteiger partial charge in [-0.05, 0) is 43.3 Å². The average Bonchev–Trinajstić information content (AvgIpc) is 3.16. The van der Waals surface area contributed by atoms with Gasteiger partial charge < -0.3 is 20.1 Å². The van der Waals surface area contributed by atoms with Gasteiger partial charge in [0.1, 0.15) is 11.9 Å². The van der Waals surface area contributed by atoms with Crippen LogP contribution in [0.1, 0.15) is 35.3 Å². The normalized spacial score (nSPS) is 11.2. The largest absolute Gasteiger partial charge is 0.488 e. The first-order valence-electron chi connectivity index (χ1n) is 10.3. The summed E-state index contributed by atoms with van der Waals surface area (Å²) in [6, 6.07) is 14.1. The van der Waals surface area contributed by atoms with Crippen LogP contribution in [0.3, 0.4) is 0 Å². The summed E-state index contributed by atoms with van der Waals surface area (Å²) in [6.45, 7) is 3.73. The molecule has 33 heavy (non-hydrogen) atoms. The maximum atomic E-state index is 12.8. The predicted octanol–water partition coefficient (Wildman–Crippen LogP) is 3.44. The lowest BCUT2D eigenvalue weighted by atomic mass is 10.1. The van der Waals surface area contributed by atoms with Crippen LogP contribution in [0.5, 0.6) is 5.75 Å². The van der Waals surface area contributed by atoms with Crippen LogP contribution in [0.4, 0.5) is 11.5 Å². The minimum Gasteiger partial charge on any atom is -0.488 e. The molecule has 0 unspecified atom stereocenters. The molecule has 0 aliphatic carbocycles. The van der Waals surface area contributed by atoms with Gasteiger partial charge in [-0.1, -0.05) is 17.9 Å². The molecule has 170 valence electrons. The number of hydrogen-bond acceptors (Lipinski definition) is 5. The van der Waals surface area contributed by atoms with Crippen molar-refractivity contribution in [3.63, 3.8) is 0 Å². The van der Waals surface area contributed by atoms with E-state index in [0.717, 1.165) is 5.56 Å². The predicted molar refractivity (Wildman–Crippen MR) is 126 cm³/mol. The highest BCUT2D eigenvalue weighted by Crippen LogP contribution is 2.20. The van der Waals surface area contributed by atoms with E-state index in [9.17, 15) is 9.59 Å². The van der Waals surface area contributed by atoms with Gasteiger partial charge in [-0.2, -0.15) is 5.10 Å². The molecule has 1 heterocycles. The van der Waals surface area contributed by atoms with Crippen molar-refractivity contribution in [1.82, 2.24) is 9.78 Å². The number of ether oxygens (including phenoxy) is 2. The van der Waals surface area contributed by atoms with Gasteiger partial charge in [0, 0.05) is 55.7 Å². The summed E-state index contributed by atoms with van der Waals surface area (Å²) < 4.78 is 12.7. The van der Waals surface area contributed by atoms with Gasteiger partial charge in [0.05, 0.1) is 6.61 Å². The number of amides is 2. The second kappa shape index (κ2) is 11.0. The van der Waals surface area contributed by atoms with Crippen LogP contribution in [-0.4, -0.2) is 41.4 Å². The fraction of sp³-hybridized carbons (Fsp3) is 0.240. The molecule has 1 atom stereocenters. The lowest BCUT2D eigenvalue weighted by molar-refractivity contribution is -0.114. The van der Waals surface area contributed by atoms with Crippen LogP contribution in [-0.2, 0) is 16.6 Å². The third-order valence-electron chi connectivity index (χ3n) is 4.40. The smallest absolute Gasteiger partial charge is 0.257 e. The maximum absolute atomic E-state index is 12.8. The zero-order valence-corrected chi connectivity index (χ0v) is 19.0. The van der Waals surface area contributed by atoms with E-state index >= 15 is 0 Å². The maximum Gasteiger partial charge on any atom is 0.257 e. The Morgan fingerprint density at radius 1 is 1.09 bits per heavy atom. The molecule has 0 saturated carbocycles. The van der Waals surface area contributed by atoms with Crippen molar-refractivity contribution in [1.29, 1.82) is 0 Å². The van der Waals surface area contributed by atoms with Gasteiger partial charge >= 0.3 is 0 Å². The summed E-state index contributed by atoms with van der Waals surface area (Å²) in [6.07, 6.45) is 1.53. The van der Waals surface area contributed by atoms with E-state index < -0.39 is 0 Å². The monoisotopic (exact) mass is 446 g/mol. The Morgan fingerprint density at radius 2 is 1.88 bits per heavy atom. The molecule has 0 aliphatic heterocycles. The van der Waals surface area contributed by atoms with E-state index in [4.69, 9.17) is 9.47 Å². The fourth-order valence-electron chi connectivity index (χ4n) is 3.06. The van der Waals surface area contributed by atoms with E-state index in [0.29, 0.717) is 35.0 Å². The quantitative estimate of drug-likeness (QED) is 0.542. The van der Waals surface area contributed by atoms with Crippen molar-refractivity contribution in [2.24, 2.45) is 7.05 Å². The number of carbonyl (C=O) groups excluding carboxylic acids is 2. The molecule has 1 aromatic heterocycles. The number of carbonyl (C=O) groups is 2. The Kier molecular flexibility index (Phi) is 7.84. The third-order valence-corrected chi connectivity index (χ3v) is 4.40. The molecule has 8 nitrogen and oxygen atoms in total. The second-order valence-corrected chi connectivity index (χ2v) is 7.47. The summed E-state index contributed by atoms with van der Waals surface area (Å²) in [7, 11) is 3.37. The molecule has 2 N–H and O–H groups in total. The number of nitrogens with one attached hydrogen (secondary N) is 2. The van der Waals surface area contributed by atoms with E-state index in [2.05, 4.69) is 27.6 Å². The minimum atomic E-state index is -0.325. The molecule has 0 fully saturated rings. The zero-order chi connectivity index (χ0) is 23.8. The topological polar surface area (TPSA) is 94.5 Å². The van der Waals surface area contributed by atoms with Gasteiger partial charge in [-0.25, -0.2) is 0 Å². The van der Waals surface area contributed by atoms with Crippen LogP contribution in [0.25, 0.3) is 0 Å². The fourth-order valence-corrected chi connectivity index (χ4v) is 3.06. The highest BCUT2D eigenvalue weighted by molar-refractivity contribution is 6.04. The zero-order valence-electron chi connectivity index (χ0n) is 19.0. The molecule has 2 amide bonds. The van der Waals surface area contributed by atoms with Crippen LogP contribution in [0.2, 0.25) is 0 Å². The molecule has 0 saturated heterocycles. The Morgan fingerprint density at radius 3 is 2.58 bits per heavy atom. The van der Waals surface area contributed by atoms with Crippen molar-refractivity contribution >= 4 is 23.3 Å². The number of rotatable bonds is 7. The van der Waals surface area contributed by atoms with Gasteiger partial charge in [-0.3, -0.25) is 14.3 Å². The van der Waals surface area contributed by atoms with Crippen LogP contribution in [0, 0.1) is 11.8 Å². The van der Waals surface area contributed by atoms with Crippen molar-refractivity contribution in [3.8, 4) is 17.6 Å². The molecular formula is C25H26N4O4. The first-order chi connectivity index (χ1) is 15.8. The molecule has 0 spiro atoms. The summed E-state index contributed by atoms with van der Waals surface area (Å²) >= 11 is 0. The Balaban J connectivity index is 1.90. The molecule has 3 aromatic rings. The number of aromatic nitrogens is 2. The molecule has 2 aromatic carbocycles. The number of nitrogens with zero attached hydrogens (tertiary/aromatic N) is 2. The molecule has 0 aliphatic rings. The second-order valence-electron chi connectivity index (χ2n) is 7.47. The van der Waals surface area contributed by atoms with E-state index in [1.165, 1.54) is 6.92 Å². The lowest BCUT2D eigenvalue weighted by Gasteiger charge is -2.15. The summed E-state index contributed by atoms with van der Waals surface area (Å²) in [5.74, 6) is 6.62. The SMILES string of the molecule is COC[C@H](C)Oc1cc(C#Cc2cccc(NC(C)=O)c2)cc(C(=O)Nc2ccn(C)n2)c1. The summed E-state index contributed by atoms with van der Waals surface area (Å²) in [5.41, 5.74) is 2.38. The minimum absolute atomic E-state index is 0.154. The highest BCUT2D eigenvalue weighted by atomic mass is 16.5. The molecule has 3 rings (SSSR count). The first kappa shape index (κ1) is 23.6. The number of aryl methyl sites for hydroxylation is 1. The molecular weight excluding hydrogens is 420 g/mol. The molecule has 8 heteroatoms. The Labute approximate surface area is 192 Å². The van der Waals surface area contributed by atoms with Crippen molar-refractivity contribution < 1.29 is 19.1 Å². The molecule has 0 bridgehead atoms. The van der Waals surface area contributed by atoms with E-state index in [1.807, 2.05) is 19.1 Å². The number of methoxy groups -OCH3 is 1. The average molecular weight is 447 g/mol. The van der Waals surface area contributed by atoms with Gasteiger partial charge in [0.15, 0.2) is 5.82 Å². The van der Waals surface area contributed by atoms with Crippen LogP contribution in [0.15, 0.2) is 54.7 Å². The first-order valence-corrected chi connectivity index (χ1v) is 10.3. The van der Waals surface area contributed by atoms with E-state index in [1.54, 1.807) is 61.4 Å². The van der Waals surface area contributed by atoms with Gasteiger partial charge in [0.2, 0.25) is 5.91 Å². The van der Waals surface area contributed by atoms with Crippen molar-refractivity contribution in [3.05, 3.63) is 71.4 Å². The van der Waals surface area contributed by atoms with Gasteiger partial charge in [-0.15, -0.1) is 0 Å². The van der Waals surface area contributed by atoms with Gasteiger partial charge in [0.25, 0.3) is 5.91 Å². The number of anilines is 2.